The minimum Gasteiger partial charge on any atom is -0.356 e. The van der Waals surface area contributed by atoms with Gasteiger partial charge in [-0.25, -0.2) is 0 Å². The van der Waals surface area contributed by atoms with Crippen LogP contribution in [0.5, 0.6) is 0 Å². The van der Waals surface area contributed by atoms with Crippen molar-refractivity contribution in [3.8, 4) is 0 Å². The lowest BCUT2D eigenvalue weighted by Gasteiger charge is -2.18. The van der Waals surface area contributed by atoms with Crippen LogP contribution in [0.1, 0.15) is 0 Å². The van der Waals surface area contributed by atoms with Crippen molar-refractivity contribution in [2.45, 2.75) is 0 Å². The molecule has 0 saturated heterocycles. The molecule has 19 heavy (non-hydrogen) atoms. The first-order chi connectivity index (χ1) is 9.26. The number of carbonyl (C=O) groups is 1. The molecule has 1 rings (SSSR count). The summed E-state index contributed by atoms with van der Waals surface area (Å²) in [4.78, 5) is 13.6. The summed E-state index contributed by atoms with van der Waals surface area (Å²) in [6.07, 6.45) is 3.58. The zero-order valence-electron chi connectivity index (χ0n) is 11.0. The van der Waals surface area contributed by atoms with Gasteiger partial charge in [0.1, 0.15) is 13.3 Å². The fraction of sp³-hybridized carbons (Fsp3) is 0.267. The summed E-state index contributed by atoms with van der Waals surface area (Å²) in [5.74, 6) is -0.164. The Morgan fingerprint density at radius 3 is 2.42 bits per heavy atom. The number of benzene rings is 1. The molecule has 1 aromatic carbocycles. The summed E-state index contributed by atoms with van der Waals surface area (Å²) in [6.45, 7) is 9.15. The third-order valence-corrected chi connectivity index (χ3v) is 2.34. The summed E-state index contributed by atoms with van der Waals surface area (Å²) in [5, 5.41) is 2.76. The topological polar surface area (TPSA) is 41.6 Å². The van der Waals surface area contributed by atoms with Gasteiger partial charge in [-0.3, -0.25) is 9.69 Å². The maximum Gasteiger partial charge on any atom is 0.250 e. The van der Waals surface area contributed by atoms with Gasteiger partial charge in [-0.05, 0) is 12.1 Å². The number of nitrogens with one attached hydrogen (secondary N) is 1. The van der Waals surface area contributed by atoms with Crippen molar-refractivity contribution < 1.29 is 9.53 Å². The summed E-state index contributed by atoms with van der Waals surface area (Å²) in [7, 11) is 0. The molecule has 0 saturated carbocycles. The van der Waals surface area contributed by atoms with Crippen LogP contribution in [0, 0.1) is 0 Å². The maximum absolute atomic E-state index is 11.6. The second kappa shape index (κ2) is 9.08. The van der Waals surface area contributed by atoms with Crippen molar-refractivity contribution in [3.05, 3.63) is 55.6 Å². The lowest BCUT2D eigenvalue weighted by molar-refractivity contribution is -0.122. The van der Waals surface area contributed by atoms with E-state index in [1.165, 1.54) is 0 Å². The van der Waals surface area contributed by atoms with Crippen LogP contribution < -0.4 is 5.32 Å². The van der Waals surface area contributed by atoms with Gasteiger partial charge < -0.3 is 10.1 Å². The van der Waals surface area contributed by atoms with Crippen molar-refractivity contribution in [3.63, 3.8) is 0 Å². The lowest BCUT2D eigenvalue weighted by atomic mass is 10.3. The number of rotatable bonds is 9. The second-order valence-corrected chi connectivity index (χ2v) is 4.01. The normalized spacial score (nSPS) is 10.2. The Balaban J connectivity index is 2.26. The third kappa shape index (κ3) is 6.55. The molecule has 0 aliphatic rings. The van der Waals surface area contributed by atoms with Crippen LogP contribution in [0.2, 0.25) is 0 Å². The van der Waals surface area contributed by atoms with Gasteiger partial charge in [0.15, 0.2) is 0 Å². The van der Waals surface area contributed by atoms with Gasteiger partial charge >= 0.3 is 0 Å². The fourth-order valence-electron chi connectivity index (χ4n) is 1.53. The molecule has 0 aliphatic heterocycles. The van der Waals surface area contributed by atoms with E-state index in [0.717, 1.165) is 5.69 Å². The van der Waals surface area contributed by atoms with Gasteiger partial charge in [0, 0.05) is 18.8 Å². The number of amides is 1. The molecule has 0 aromatic heterocycles. The van der Waals surface area contributed by atoms with Crippen LogP contribution in [0.25, 0.3) is 0 Å². The molecule has 0 bridgehead atoms. The van der Waals surface area contributed by atoms with Crippen molar-refractivity contribution in [2.75, 3.05) is 31.7 Å². The largest absolute Gasteiger partial charge is 0.356 e. The number of anilines is 1. The first kappa shape index (κ1) is 15.1. The molecule has 0 fully saturated rings. The van der Waals surface area contributed by atoms with E-state index in [4.69, 9.17) is 4.74 Å². The highest BCUT2D eigenvalue weighted by Crippen LogP contribution is 2.04. The monoisotopic (exact) mass is 260 g/mol. The molecular weight excluding hydrogens is 240 g/mol. The molecule has 102 valence electrons. The van der Waals surface area contributed by atoms with Crippen LogP contribution in [0.4, 0.5) is 5.69 Å². The van der Waals surface area contributed by atoms with E-state index < -0.39 is 0 Å². The Labute approximate surface area is 114 Å². The highest BCUT2D eigenvalue weighted by Gasteiger charge is 2.04. The highest BCUT2D eigenvalue weighted by atomic mass is 16.5. The average molecular weight is 260 g/mol. The summed E-state index contributed by atoms with van der Waals surface area (Å²) in [6, 6.07) is 9.30. The second-order valence-electron chi connectivity index (χ2n) is 4.01. The predicted molar refractivity (Wildman–Crippen MR) is 77.9 cm³/mol. The summed E-state index contributed by atoms with van der Waals surface area (Å²) in [5.41, 5.74) is 0.769. The first-order valence-corrected chi connectivity index (χ1v) is 6.13. The Morgan fingerprint density at radius 1 is 1.21 bits per heavy atom. The molecule has 0 spiro atoms. The van der Waals surface area contributed by atoms with E-state index in [0.29, 0.717) is 19.8 Å². The summed E-state index contributed by atoms with van der Waals surface area (Å²) >= 11 is 0. The number of hydrogen-bond acceptors (Lipinski definition) is 3. The molecule has 0 atom stereocenters. The van der Waals surface area contributed by atoms with Crippen LogP contribution in [-0.2, 0) is 9.53 Å². The van der Waals surface area contributed by atoms with Crippen molar-refractivity contribution in [1.29, 1.82) is 0 Å². The van der Waals surface area contributed by atoms with E-state index >= 15 is 0 Å². The number of ether oxygens (including phenoxy) is 1. The molecule has 1 amide bonds. The van der Waals surface area contributed by atoms with E-state index in [2.05, 4.69) is 18.5 Å². The Hall–Kier alpha value is -1.91. The molecule has 0 radical (unpaired) electrons. The van der Waals surface area contributed by atoms with Gasteiger partial charge in [-0.1, -0.05) is 30.4 Å². The van der Waals surface area contributed by atoms with Gasteiger partial charge in [-0.15, -0.1) is 13.2 Å². The quantitative estimate of drug-likeness (QED) is 0.547. The van der Waals surface area contributed by atoms with Crippen molar-refractivity contribution in [2.24, 2.45) is 0 Å². The fourth-order valence-corrected chi connectivity index (χ4v) is 1.53. The highest BCUT2D eigenvalue weighted by molar-refractivity contribution is 5.91. The zero-order valence-corrected chi connectivity index (χ0v) is 11.0. The predicted octanol–water partition coefficient (Wildman–Crippen LogP) is 2.27. The summed E-state index contributed by atoms with van der Waals surface area (Å²) < 4.78 is 5.35. The Bertz CT molecular complexity index is 394. The SMILES string of the molecule is C=CCN(CC=C)COCC(=O)Nc1ccccc1. The van der Waals surface area contributed by atoms with Gasteiger partial charge in [0.05, 0.1) is 0 Å². The zero-order chi connectivity index (χ0) is 13.9. The molecule has 1 aromatic rings. The molecular formula is C15H20N2O2. The van der Waals surface area contributed by atoms with Crippen molar-refractivity contribution >= 4 is 11.6 Å². The lowest BCUT2D eigenvalue weighted by Crippen LogP contribution is -2.29. The minimum atomic E-state index is -0.164. The Kier molecular flexibility index (Phi) is 7.24. The Morgan fingerprint density at radius 2 is 1.84 bits per heavy atom. The smallest absolute Gasteiger partial charge is 0.250 e. The van der Waals surface area contributed by atoms with Crippen LogP contribution in [-0.4, -0.2) is 37.2 Å². The van der Waals surface area contributed by atoms with E-state index in [1.54, 1.807) is 12.2 Å². The third-order valence-electron chi connectivity index (χ3n) is 2.34. The number of nitrogens with zero attached hydrogens (tertiary/aromatic N) is 1. The average Bonchev–Trinajstić information content (AvgIpc) is 2.40. The van der Waals surface area contributed by atoms with Crippen LogP contribution in [0.3, 0.4) is 0 Å². The molecule has 4 heteroatoms. The standard InChI is InChI=1S/C15H20N2O2/c1-3-10-17(11-4-2)13-19-12-15(18)16-14-8-6-5-7-9-14/h3-9H,1-2,10-13H2,(H,16,18). The van der Waals surface area contributed by atoms with Crippen LogP contribution >= 0.6 is 0 Å². The maximum atomic E-state index is 11.6. The molecule has 1 N–H and O–H groups in total. The number of carbonyl (C=O) groups excluding carboxylic acids is 1. The molecule has 4 nitrogen and oxygen atoms in total. The number of hydrogen-bond donors (Lipinski definition) is 1. The molecule has 0 unspecified atom stereocenters. The first-order valence-electron chi connectivity index (χ1n) is 6.13. The van der Waals surface area contributed by atoms with E-state index in [1.807, 2.05) is 35.2 Å². The minimum absolute atomic E-state index is 0.0275. The number of para-hydroxylation sites is 1. The van der Waals surface area contributed by atoms with E-state index in [-0.39, 0.29) is 12.5 Å². The molecule has 0 aliphatic carbocycles. The van der Waals surface area contributed by atoms with Gasteiger partial charge in [-0.2, -0.15) is 0 Å². The van der Waals surface area contributed by atoms with Gasteiger partial charge in [0.25, 0.3) is 0 Å². The van der Waals surface area contributed by atoms with Crippen LogP contribution in [0.15, 0.2) is 55.6 Å². The van der Waals surface area contributed by atoms with E-state index in [9.17, 15) is 4.79 Å². The van der Waals surface area contributed by atoms with Crippen molar-refractivity contribution in [1.82, 2.24) is 4.90 Å². The molecule has 0 heterocycles. The van der Waals surface area contributed by atoms with Gasteiger partial charge in [0.2, 0.25) is 5.91 Å².